The molecule has 0 aliphatic carbocycles. The number of fused-ring (bicyclic) bond motifs is 1. The summed E-state index contributed by atoms with van der Waals surface area (Å²) in [5.41, 5.74) is 1.64. The number of hydrogen-bond acceptors (Lipinski definition) is 6. The molecule has 0 spiro atoms. The highest BCUT2D eigenvalue weighted by atomic mass is 16.7. The topological polar surface area (TPSA) is 79.3 Å². The van der Waals surface area contributed by atoms with Gasteiger partial charge in [0.2, 0.25) is 5.91 Å². The lowest BCUT2D eigenvalue weighted by atomic mass is 9.90. The van der Waals surface area contributed by atoms with Gasteiger partial charge in [0.1, 0.15) is 17.4 Å². The summed E-state index contributed by atoms with van der Waals surface area (Å²) in [4.78, 5) is 34.0. The fourth-order valence-electron chi connectivity index (χ4n) is 4.27. The van der Waals surface area contributed by atoms with Gasteiger partial charge in [0.25, 0.3) is 5.91 Å². The SMILES string of the molecule is COc1cccc(N2C(=O)[C@@H]3[C@@H](c4ccccc4O)N(c4ccccc4)O[C@H]3C2=O)c1. The second kappa shape index (κ2) is 7.45. The third kappa shape index (κ3) is 3.02. The monoisotopic (exact) mass is 416 g/mol. The Morgan fingerprint density at radius 2 is 1.58 bits per heavy atom. The van der Waals surface area contributed by atoms with Crippen molar-refractivity contribution in [2.24, 2.45) is 5.92 Å². The predicted molar refractivity (Wildman–Crippen MR) is 114 cm³/mol. The summed E-state index contributed by atoms with van der Waals surface area (Å²) in [6.07, 6.45) is -0.997. The molecular weight excluding hydrogens is 396 g/mol. The molecule has 2 amide bonds. The van der Waals surface area contributed by atoms with E-state index in [0.29, 0.717) is 22.7 Å². The minimum absolute atomic E-state index is 0.0396. The van der Waals surface area contributed by atoms with E-state index >= 15 is 0 Å². The molecule has 156 valence electrons. The fraction of sp³-hybridized carbons (Fsp3) is 0.167. The summed E-state index contributed by atoms with van der Waals surface area (Å²) in [6, 6.07) is 22.2. The Bertz CT molecular complexity index is 1150. The largest absolute Gasteiger partial charge is 0.508 e. The molecule has 0 saturated carbocycles. The van der Waals surface area contributed by atoms with E-state index in [9.17, 15) is 14.7 Å². The number of nitrogens with zero attached hydrogens (tertiary/aromatic N) is 2. The zero-order valence-corrected chi connectivity index (χ0v) is 16.7. The maximum absolute atomic E-state index is 13.5. The van der Waals surface area contributed by atoms with Crippen LogP contribution in [0.15, 0.2) is 78.9 Å². The molecule has 3 aromatic carbocycles. The molecule has 5 rings (SSSR count). The molecule has 2 heterocycles. The number of hydrogen-bond donors (Lipinski definition) is 1. The standard InChI is InChI=1S/C24H20N2O5/c1-30-17-11-7-10-16(14-17)25-23(28)20-21(18-12-5-6-13-19(18)27)26(31-22(20)24(25)29)15-8-3-2-4-9-15/h2-14,20-22,27H,1H3/t20-,21-,22-/m1/s1. The van der Waals surface area contributed by atoms with Crippen LogP contribution in [0.5, 0.6) is 11.5 Å². The number of rotatable bonds is 4. The highest BCUT2D eigenvalue weighted by molar-refractivity contribution is 6.24. The molecule has 0 aromatic heterocycles. The quantitative estimate of drug-likeness (QED) is 0.657. The Morgan fingerprint density at radius 1 is 0.871 bits per heavy atom. The number of carbonyl (C=O) groups excluding carboxylic acids is 2. The van der Waals surface area contributed by atoms with E-state index in [1.165, 1.54) is 7.11 Å². The Labute approximate surface area is 179 Å². The molecule has 2 fully saturated rings. The minimum Gasteiger partial charge on any atom is -0.508 e. The van der Waals surface area contributed by atoms with Crippen LogP contribution in [0.1, 0.15) is 11.6 Å². The molecule has 31 heavy (non-hydrogen) atoms. The number of methoxy groups -OCH3 is 1. The van der Waals surface area contributed by atoms with Gasteiger partial charge in [0.05, 0.1) is 24.5 Å². The van der Waals surface area contributed by atoms with Crippen LogP contribution in [-0.2, 0) is 14.4 Å². The van der Waals surface area contributed by atoms with Gasteiger partial charge in [-0.25, -0.2) is 9.96 Å². The Kier molecular flexibility index (Phi) is 4.60. The number of benzene rings is 3. The van der Waals surface area contributed by atoms with Crippen molar-refractivity contribution in [2.75, 3.05) is 17.1 Å². The first kappa shape index (κ1) is 19.1. The second-order valence-corrected chi connectivity index (χ2v) is 7.43. The summed E-state index contributed by atoms with van der Waals surface area (Å²) in [7, 11) is 1.52. The average molecular weight is 416 g/mol. The zero-order chi connectivity index (χ0) is 21.5. The first-order valence-corrected chi connectivity index (χ1v) is 9.91. The predicted octanol–water partition coefficient (Wildman–Crippen LogP) is 3.45. The Hall–Kier alpha value is -3.84. The van der Waals surface area contributed by atoms with Crippen LogP contribution in [0.3, 0.4) is 0 Å². The van der Waals surface area contributed by atoms with Crippen molar-refractivity contribution in [1.82, 2.24) is 0 Å². The van der Waals surface area contributed by atoms with Gasteiger partial charge in [-0.1, -0.05) is 42.5 Å². The van der Waals surface area contributed by atoms with Crippen molar-refractivity contribution < 1.29 is 24.3 Å². The second-order valence-electron chi connectivity index (χ2n) is 7.43. The maximum Gasteiger partial charge on any atom is 0.266 e. The van der Waals surface area contributed by atoms with Crippen molar-refractivity contribution >= 4 is 23.2 Å². The van der Waals surface area contributed by atoms with Crippen LogP contribution < -0.4 is 14.7 Å². The summed E-state index contributed by atoms with van der Waals surface area (Å²) in [5.74, 6) is -1.05. The summed E-state index contributed by atoms with van der Waals surface area (Å²) in [5, 5.41) is 12.1. The lowest BCUT2D eigenvalue weighted by molar-refractivity contribution is -0.126. The summed E-state index contributed by atoms with van der Waals surface area (Å²) < 4.78 is 5.24. The van der Waals surface area contributed by atoms with Gasteiger partial charge in [-0.15, -0.1) is 0 Å². The number of ether oxygens (including phenoxy) is 1. The smallest absolute Gasteiger partial charge is 0.266 e. The summed E-state index contributed by atoms with van der Waals surface area (Å²) in [6.45, 7) is 0. The molecule has 2 aliphatic heterocycles. The first-order valence-electron chi connectivity index (χ1n) is 9.91. The molecule has 0 radical (unpaired) electrons. The molecule has 0 bridgehead atoms. The van der Waals surface area contributed by atoms with Crippen LogP contribution in [0.2, 0.25) is 0 Å². The number of phenolic OH excluding ortho intramolecular Hbond substituents is 1. The number of amides is 2. The van der Waals surface area contributed by atoms with Crippen molar-refractivity contribution in [3.63, 3.8) is 0 Å². The number of hydroxylamine groups is 1. The van der Waals surface area contributed by atoms with E-state index in [4.69, 9.17) is 9.57 Å². The van der Waals surface area contributed by atoms with E-state index in [0.717, 1.165) is 4.90 Å². The third-order valence-corrected chi connectivity index (χ3v) is 5.69. The number of anilines is 2. The van der Waals surface area contributed by atoms with Gasteiger partial charge in [-0.3, -0.25) is 14.4 Å². The van der Waals surface area contributed by atoms with E-state index < -0.39 is 24.0 Å². The maximum atomic E-state index is 13.5. The van der Waals surface area contributed by atoms with Gasteiger partial charge >= 0.3 is 0 Å². The highest BCUT2D eigenvalue weighted by Gasteiger charge is 2.60. The van der Waals surface area contributed by atoms with E-state index in [1.54, 1.807) is 53.6 Å². The molecule has 0 unspecified atom stereocenters. The molecule has 7 heteroatoms. The van der Waals surface area contributed by atoms with Crippen LogP contribution in [-0.4, -0.2) is 30.1 Å². The van der Waals surface area contributed by atoms with Gasteiger partial charge in [0.15, 0.2) is 6.10 Å². The third-order valence-electron chi connectivity index (χ3n) is 5.69. The van der Waals surface area contributed by atoms with E-state index in [-0.39, 0.29) is 11.7 Å². The normalized spacial score (nSPS) is 22.7. The van der Waals surface area contributed by atoms with Crippen LogP contribution >= 0.6 is 0 Å². The molecule has 3 atom stereocenters. The van der Waals surface area contributed by atoms with Gasteiger partial charge in [-0.2, -0.15) is 0 Å². The number of phenols is 1. The van der Waals surface area contributed by atoms with Crippen LogP contribution in [0, 0.1) is 5.92 Å². The van der Waals surface area contributed by atoms with Crippen molar-refractivity contribution in [3.8, 4) is 11.5 Å². The Morgan fingerprint density at radius 3 is 2.32 bits per heavy atom. The molecule has 3 aromatic rings. The summed E-state index contributed by atoms with van der Waals surface area (Å²) >= 11 is 0. The molecule has 7 nitrogen and oxygen atoms in total. The number of aromatic hydroxyl groups is 1. The molecule has 1 N–H and O–H groups in total. The van der Waals surface area contributed by atoms with Gasteiger partial charge in [-0.05, 0) is 30.3 Å². The van der Waals surface area contributed by atoms with E-state index in [1.807, 2.05) is 30.3 Å². The van der Waals surface area contributed by atoms with Crippen LogP contribution in [0.25, 0.3) is 0 Å². The highest BCUT2D eigenvalue weighted by Crippen LogP contribution is 2.49. The number of para-hydroxylation sites is 2. The van der Waals surface area contributed by atoms with Gasteiger partial charge in [0, 0.05) is 11.6 Å². The average Bonchev–Trinajstić information content (AvgIpc) is 3.31. The first-order chi connectivity index (χ1) is 15.1. The Balaban J connectivity index is 1.60. The zero-order valence-electron chi connectivity index (χ0n) is 16.7. The van der Waals surface area contributed by atoms with Crippen molar-refractivity contribution in [2.45, 2.75) is 12.1 Å². The van der Waals surface area contributed by atoms with Crippen LogP contribution in [0.4, 0.5) is 11.4 Å². The van der Waals surface area contributed by atoms with E-state index in [2.05, 4.69) is 0 Å². The van der Waals surface area contributed by atoms with Crippen molar-refractivity contribution in [1.29, 1.82) is 0 Å². The lowest BCUT2D eigenvalue weighted by Crippen LogP contribution is -2.37. The fourth-order valence-corrected chi connectivity index (χ4v) is 4.27. The number of imide groups is 1. The molecule has 2 aliphatic rings. The number of carbonyl (C=O) groups is 2. The van der Waals surface area contributed by atoms with Crippen molar-refractivity contribution in [3.05, 3.63) is 84.4 Å². The molecule has 2 saturated heterocycles. The minimum atomic E-state index is -0.997. The molecular formula is C24H20N2O5. The lowest BCUT2D eigenvalue weighted by Gasteiger charge is -2.29. The van der Waals surface area contributed by atoms with Gasteiger partial charge < -0.3 is 9.84 Å².